The van der Waals surface area contributed by atoms with Gasteiger partial charge in [-0.15, -0.1) is 0 Å². The number of carbonyl (C=O) groups is 1. The molecule has 1 aromatic heterocycles. The number of carbonyl (C=O) groups excluding carboxylic acids is 1. The second kappa shape index (κ2) is 9.02. The Morgan fingerprint density at radius 1 is 1.00 bits per heavy atom. The van der Waals surface area contributed by atoms with Crippen LogP contribution in [0.5, 0.6) is 0 Å². The normalized spacial score (nSPS) is 12.9. The van der Waals surface area contributed by atoms with Crippen molar-refractivity contribution in [2.75, 3.05) is 27.2 Å². The third-order valence-corrected chi connectivity index (χ3v) is 5.35. The van der Waals surface area contributed by atoms with Crippen LogP contribution in [-0.2, 0) is 4.79 Å². The first-order valence-electron chi connectivity index (χ1n) is 10.6. The quantitative estimate of drug-likeness (QED) is 0.607. The van der Waals surface area contributed by atoms with E-state index in [1.54, 1.807) is 10.6 Å². The van der Waals surface area contributed by atoms with Gasteiger partial charge in [0, 0.05) is 18.5 Å². The lowest BCUT2D eigenvalue weighted by atomic mass is 9.93. The van der Waals surface area contributed by atoms with Gasteiger partial charge in [0.25, 0.3) is 5.56 Å². The number of para-hydroxylation sites is 2. The molecule has 0 radical (unpaired) electrons. The highest BCUT2D eigenvalue weighted by atomic mass is 16.2. The molecule has 2 aromatic carbocycles. The molecule has 3 rings (SSSR count). The largest absolute Gasteiger partial charge is 0.331 e. The highest BCUT2D eigenvalue weighted by Crippen LogP contribution is 2.27. The molecule has 3 aromatic rings. The zero-order valence-electron chi connectivity index (χ0n) is 19.3. The van der Waals surface area contributed by atoms with Gasteiger partial charge in [0.1, 0.15) is 5.82 Å². The molecule has 6 heteroatoms. The summed E-state index contributed by atoms with van der Waals surface area (Å²) < 4.78 is 1.64. The fourth-order valence-electron chi connectivity index (χ4n) is 3.61. The van der Waals surface area contributed by atoms with E-state index in [0.29, 0.717) is 23.3 Å². The molecule has 1 heterocycles. The third-order valence-electron chi connectivity index (χ3n) is 5.35. The van der Waals surface area contributed by atoms with Gasteiger partial charge in [-0.3, -0.25) is 14.2 Å². The summed E-state index contributed by atoms with van der Waals surface area (Å²) in [7, 11) is 3.97. The molecule has 0 aliphatic carbocycles. The van der Waals surface area contributed by atoms with Crippen molar-refractivity contribution in [3.8, 4) is 5.69 Å². The zero-order valence-corrected chi connectivity index (χ0v) is 19.3. The van der Waals surface area contributed by atoms with Gasteiger partial charge in [0.2, 0.25) is 5.91 Å². The van der Waals surface area contributed by atoms with Crippen LogP contribution in [0.4, 0.5) is 0 Å². The van der Waals surface area contributed by atoms with Gasteiger partial charge in [0.05, 0.1) is 22.6 Å². The maximum Gasteiger partial charge on any atom is 0.266 e. The van der Waals surface area contributed by atoms with Crippen LogP contribution in [0.2, 0.25) is 0 Å². The van der Waals surface area contributed by atoms with Gasteiger partial charge in [-0.1, -0.05) is 51.1 Å². The Hall–Kier alpha value is -2.99. The highest BCUT2D eigenvalue weighted by molar-refractivity contribution is 5.82. The second-order valence-electron chi connectivity index (χ2n) is 9.19. The van der Waals surface area contributed by atoms with E-state index in [4.69, 9.17) is 4.98 Å². The molecule has 1 atom stereocenters. The summed E-state index contributed by atoms with van der Waals surface area (Å²) in [5.74, 6) is 0.593. The summed E-state index contributed by atoms with van der Waals surface area (Å²) in [5, 5.41) is 0.560. The maximum atomic E-state index is 13.5. The summed E-state index contributed by atoms with van der Waals surface area (Å²) in [5.41, 5.74) is 0.699. The summed E-state index contributed by atoms with van der Waals surface area (Å²) in [4.78, 5) is 35.7. The van der Waals surface area contributed by atoms with Crippen molar-refractivity contribution < 1.29 is 4.79 Å². The van der Waals surface area contributed by atoms with Gasteiger partial charge in [-0.2, -0.15) is 0 Å². The molecule has 0 saturated heterocycles. The number of hydrogen-bond donors (Lipinski definition) is 0. The summed E-state index contributed by atoms with van der Waals surface area (Å²) in [6.07, 6.45) is 0. The van der Waals surface area contributed by atoms with Gasteiger partial charge in [-0.25, -0.2) is 4.98 Å². The van der Waals surface area contributed by atoms with Gasteiger partial charge in [0.15, 0.2) is 0 Å². The van der Waals surface area contributed by atoms with Gasteiger partial charge in [-0.05, 0) is 45.3 Å². The molecule has 31 heavy (non-hydrogen) atoms. The van der Waals surface area contributed by atoms with Crippen LogP contribution in [0.1, 0.15) is 39.6 Å². The topological polar surface area (TPSA) is 58.4 Å². The minimum absolute atomic E-state index is 0.0314. The smallest absolute Gasteiger partial charge is 0.266 e. The Morgan fingerprint density at radius 3 is 2.23 bits per heavy atom. The van der Waals surface area contributed by atoms with E-state index in [-0.39, 0.29) is 17.5 Å². The number of nitrogens with zero attached hydrogens (tertiary/aromatic N) is 4. The van der Waals surface area contributed by atoms with E-state index >= 15 is 0 Å². The van der Waals surface area contributed by atoms with Crippen LogP contribution in [0.25, 0.3) is 16.6 Å². The van der Waals surface area contributed by atoms with E-state index in [9.17, 15) is 9.59 Å². The molecular weight excluding hydrogens is 388 g/mol. The first-order valence-corrected chi connectivity index (χ1v) is 10.6. The Bertz CT molecular complexity index is 1110. The summed E-state index contributed by atoms with van der Waals surface area (Å²) in [6, 6.07) is 16.5. The molecule has 1 unspecified atom stereocenters. The zero-order chi connectivity index (χ0) is 22.8. The van der Waals surface area contributed by atoms with Crippen LogP contribution in [0, 0.1) is 5.41 Å². The van der Waals surface area contributed by atoms with Crippen molar-refractivity contribution in [3.05, 3.63) is 70.8 Å². The Kier molecular flexibility index (Phi) is 6.60. The van der Waals surface area contributed by atoms with Crippen molar-refractivity contribution in [2.24, 2.45) is 5.41 Å². The molecule has 0 spiro atoms. The minimum Gasteiger partial charge on any atom is -0.331 e. The second-order valence-corrected chi connectivity index (χ2v) is 9.19. The minimum atomic E-state index is -0.546. The Labute approximate surface area is 184 Å². The number of aromatic nitrogens is 2. The molecule has 0 aliphatic heterocycles. The van der Waals surface area contributed by atoms with E-state index in [1.807, 2.05) is 100 Å². The third kappa shape index (κ3) is 4.85. The average molecular weight is 421 g/mol. The van der Waals surface area contributed by atoms with Crippen LogP contribution < -0.4 is 5.56 Å². The van der Waals surface area contributed by atoms with Crippen LogP contribution in [-0.4, -0.2) is 52.4 Å². The Morgan fingerprint density at radius 2 is 1.61 bits per heavy atom. The predicted octanol–water partition coefficient (Wildman–Crippen LogP) is 3.88. The lowest BCUT2D eigenvalue weighted by molar-refractivity contribution is -0.142. The number of benzene rings is 2. The Balaban J connectivity index is 2.23. The molecule has 1 amide bonds. The summed E-state index contributed by atoms with van der Waals surface area (Å²) in [6.45, 7) is 8.97. The predicted molar refractivity (Wildman–Crippen MR) is 125 cm³/mol. The molecular formula is C25H32N4O2. The average Bonchev–Trinajstić information content (AvgIpc) is 2.73. The number of amides is 1. The molecule has 0 saturated carbocycles. The van der Waals surface area contributed by atoms with Crippen LogP contribution >= 0.6 is 0 Å². The lowest BCUT2D eigenvalue weighted by Crippen LogP contribution is -2.45. The van der Waals surface area contributed by atoms with E-state index in [0.717, 1.165) is 12.2 Å². The van der Waals surface area contributed by atoms with E-state index < -0.39 is 5.41 Å². The number of fused-ring (bicyclic) bond motifs is 1. The maximum absolute atomic E-state index is 13.5. The fourth-order valence-corrected chi connectivity index (χ4v) is 3.61. The van der Waals surface area contributed by atoms with Crippen molar-refractivity contribution in [1.29, 1.82) is 0 Å². The first kappa shape index (κ1) is 22.7. The van der Waals surface area contributed by atoms with Crippen molar-refractivity contribution in [1.82, 2.24) is 19.4 Å². The molecule has 6 nitrogen and oxygen atoms in total. The molecule has 164 valence electrons. The fraction of sp³-hybridized carbons (Fsp3) is 0.400. The lowest BCUT2D eigenvalue weighted by Gasteiger charge is -2.35. The monoisotopic (exact) mass is 420 g/mol. The van der Waals surface area contributed by atoms with Crippen molar-refractivity contribution >= 4 is 16.8 Å². The van der Waals surface area contributed by atoms with Gasteiger partial charge < -0.3 is 9.80 Å². The first-order chi connectivity index (χ1) is 14.6. The van der Waals surface area contributed by atoms with Gasteiger partial charge >= 0.3 is 0 Å². The number of likely N-dealkylation sites (N-methyl/N-ethyl adjacent to an activating group) is 1. The number of rotatable bonds is 6. The SMILES string of the molecule is CC(c1nc2ccccc2c(=O)n1-c1ccccc1)N(CCN(C)C)C(=O)C(C)(C)C. The molecule has 0 bridgehead atoms. The highest BCUT2D eigenvalue weighted by Gasteiger charge is 2.33. The van der Waals surface area contributed by atoms with E-state index in [2.05, 4.69) is 0 Å². The van der Waals surface area contributed by atoms with E-state index in [1.165, 1.54) is 0 Å². The molecule has 0 aliphatic rings. The molecule has 0 N–H and O–H groups in total. The van der Waals surface area contributed by atoms with Crippen LogP contribution in [0.3, 0.4) is 0 Å². The van der Waals surface area contributed by atoms with Crippen LogP contribution in [0.15, 0.2) is 59.4 Å². The standard InChI is InChI=1S/C25H32N4O2/c1-18(28(17-16-27(5)6)24(31)25(2,3)4)22-26-21-15-11-10-14-20(21)23(30)29(22)19-12-8-7-9-13-19/h7-15,18H,16-17H2,1-6H3. The number of hydrogen-bond acceptors (Lipinski definition) is 4. The van der Waals surface area contributed by atoms with Crippen molar-refractivity contribution in [2.45, 2.75) is 33.7 Å². The summed E-state index contributed by atoms with van der Waals surface area (Å²) >= 11 is 0. The van der Waals surface area contributed by atoms with Crippen molar-refractivity contribution in [3.63, 3.8) is 0 Å². The molecule has 0 fully saturated rings.